The smallest absolute Gasteiger partial charge is 0.311 e. The highest BCUT2D eigenvalue weighted by Gasteiger charge is 2.27. The second-order valence-corrected chi connectivity index (χ2v) is 5.33. The number of hydrogen-bond acceptors (Lipinski definition) is 4. The van der Waals surface area contributed by atoms with Gasteiger partial charge in [0, 0.05) is 11.1 Å². The van der Waals surface area contributed by atoms with Gasteiger partial charge in [-0.15, -0.1) is 0 Å². The fraction of sp³-hybridized carbons (Fsp3) is 0.412. The van der Waals surface area contributed by atoms with Crippen molar-refractivity contribution < 1.29 is 19.2 Å². The number of rotatable bonds is 6. The number of aryl methyl sites for hydroxylation is 3. The van der Waals surface area contributed by atoms with Crippen molar-refractivity contribution in [1.82, 2.24) is 5.16 Å². The molecule has 0 saturated carbocycles. The standard InChI is InChI=1S/C17H21NO4/c1-5-12-6-7-16(21-4)14(8-12)15(17(19)20)9-13-10(2)18-22-11(13)3/h6-8,15H,5,9H2,1-4H3,(H,19,20). The maximum Gasteiger partial charge on any atom is 0.311 e. The lowest BCUT2D eigenvalue weighted by molar-refractivity contribution is -0.138. The van der Waals surface area contributed by atoms with Crippen molar-refractivity contribution in [3.8, 4) is 5.75 Å². The summed E-state index contributed by atoms with van der Waals surface area (Å²) in [5, 5.41) is 13.6. The molecule has 0 aliphatic heterocycles. The number of carboxylic acids is 1. The molecule has 0 spiro atoms. The lowest BCUT2D eigenvalue weighted by atomic mass is 9.89. The number of hydrogen-bond donors (Lipinski definition) is 1. The molecule has 0 aliphatic carbocycles. The van der Waals surface area contributed by atoms with E-state index in [2.05, 4.69) is 5.16 Å². The minimum Gasteiger partial charge on any atom is -0.496 e. The normalized spacial score (nSPS) is 12.2. The van der Waals surface area contributed by atoms with Crippen LogP contribution in [0.2, 0.25) is 0 Å². The number of benzene rings is 1. The van der Waals surface area contributed by atoms with Crippen LogP contribution < -0.4 is 4.74 Å². The van der Waals surface area contributed by atoms with Crippen molar-refractivity contribution in [2.75, 3.05) is 7.11 Å². The molecule has 0 radical (unpaired) electrons. The third kappa shape index (κ3) is 3.13. The summed E-state index contributed by atoms with van der Waals surface area (Å²) in [6.45, 7) is 5.66. The third-order valence-corrected chi connectivity index (χ3v) is 3.97. The summed E-state index contributed by atoms with van der Waals surface area (Å²) < 4.78 is 10.5. The molecule has 1 aromatic carbocycles. The van der Waals surface area contributed by atoms with E-state index < -0.39 is 11.9 Å². The van der Waals surface area contributed by atoms with Crippen molar-refractivity contribution >= 4 is 5.97 Å². The third-order valence-electron chi connectivity index (χ3n) is 3.97. The molecule has 5 nitrogen and oxygen atoms in total. The molecule has 0 aliphatic rings. The van der Waals surface area contributed by atoms with Gasteiger partial charge in [0.05, 0.1) is 18.7 Å². The van der Waals surface area contributed by atoms with E-state index >= 15 is 0 Å². The molecule has 1 heterocycles. The molecule has 0 fully saturated rings. The van der Waals surface area contributed by atoms with Crippen molar-refractivity contribution in [2.24, 2.45) is 0 Å². The topological polar surface area (TPSA) is 72.6 Å². The van der Waals surface area contributed by atoms with Crippen LogP contribution in [-0.4, -0.2) is 23.3 Å². The van der Waals surface area contributed by atoms with Crippen LogP contribution in [0.15, 0.2) is 22.7 Å². The molecule has 118 valence electrons. The summed E-state index contributed by atoms with van der Waals surface area (Å²) in [7, 11) is 1.55. The number of aromatic nitrogens is 1. The highest BCUT2D eigenvalue weighted by atomic mass is 16.5. The van der Waals surface area contributed by atoms with E-state index in [1.807, 2.05) is 32.0 Å². The first-order valence-electron chi connectivity index (χ1n) is 7.29. The Morgan fingerprint density at radius 2 is 2.14 bits per heavy atom. The Labute approximate surface area is 129 Å². The van der Waals surface area contributed by atoms with Gasteiger partial charge < -0.3 is 14.4 Å². The van der Waals surface area contributed by atoms with Crippen molar-refractivity contribution in [3.05, 3.63) is 46.3 Å². The summed E-state index contributed by atoms with van der Waals surface area (Å²) in [6, 6.07) is 5.70. The van der Waals surface area contributed by atoms with Crippen molar-refractivity contribution in [1.29, 1.82) is 0 Å². The van der Waals surface area contributed by atoms with Gasteiger partial charge in [-0.2, -0.15) is 0 Å². The first kappa shape index (κ1) is 16.1. The number of methoxy groups -OCH3 is 1. The maximum absolute atomic E-state index is 11.8. The van der Waals surface area contributed by atoms with Gasteiger partial charge in [-0.05, 0) is 38.3 Å². The summed E-state index contributed by atoms with van der Waals surface area (Å²) in [5.74, 6) is -0.324. The number of ether oxygens (including phenoxy) is 1. The molecule has 1 aromatic heterocycles. The molecule has 1 unspecified atom stereocenters. The molecule has 5 heteroatoms. The van der Waals surface area contributed by atoms with Crippen LogP contribution in [0.1, 0.15) is 41.0 Å². The first-order chi connectivity index (χ1) is 10.5. The lowest BCUT2D eigenvalue weighted by Crippen LogP contribution is -2.16. The fourth-order valence-electron chi connectivity index (χ4n) is 2.60. The average molecular weight is 303 g/mol. The Hall–Kier alpha value is -2.30. The molecule has 22 heavy (non-hydrogen) atoms. The highest BCUT2D eigenvalue weighted by molar-refractivity contribution is 5.78. The summed E-state index contributed by atoms with van der Waals surface area (Å²) in [6.07, 6.45) is 1.18. The average Bonchev–Trinajstić information content (AvgIpc) is 2.82. The van der Waals surface area contributed by atoms with Gasteiger partial charge in [0.2, 0.25) is 0 Å². The Kier molecular flexibility index (Phi) is 4.85. The Balaban J connectivity index is 2.46. The van der Waals surface area contributed by atoms with Gasteiger partial charge in [0.25, 0.3) is 0 Å². The van der Waals surface area contributed by atoms with Crippen LogP contribution >= 0.6 is 0 Å². The predicted octanol–water partition coefficient (Wildman–Crippen LogP) is 3.27. The number of nitrogens with zero attached hydrogens (tertiary/aromatic N) is 1. The maximum atomic E-state index is 11.8. The van der Waals surface area contributed by atoms with E-state index in [1.54, 1.807) is 14.0 Å². The van der Waals surface area contributed by atoms with Crippen LogP contribution in [0.4, 0.5) is 0 Å². The van der Waals surface area contributed by atoms with E-state index in [0.717, 1.165) is 23.2 Å². The monoisotopic (exact) mass is 303 g/mol. The molecular weight excluding hydrogens is 282 g/mol. The first-order valence-corrected chi connectivity index (χ1v) is 7.29. The number of carboxylic acid groups (broad SMARTS) is 1. The Morgan fingerprint density at radius 3 is 2.64 bits per heavy atom. The Morgan fingerprint density at radius 1 is 1.41 bits per heavy atom. The van der Waals surface area contributed by atoms with Gasteiger partial charge in [-0.1, -0.05) is 24.2 Å². The van der Waals surface area contributed by atoms with E-state index in [-0.39, 0.29) is 0 Å². The van der Waals surface area contributed by atoms with Crippen molar-refractivity contribution in [3.63, 3.8) is 0 Å². The van der Waals surface area contributed by atoms with E-state index in [0.29, 0.717) is 23.5 Å². The molecule has 2 aromatic rings. The second kappa shape index (κ2) is 6.64. The quantitative estimate of drug-likeness (QED) is 0.886. The molecule has 1 N–H and O–H groups in total. The van der Waals surface area contributed by atoms with Crippen LogP contribution in [0.25, 0.3) is 0 Å². The van der Waals surface area contributed by atoms with Gasteiger partial charge >= 0.3 is 5.97 Å². The van der Waals surface area contributed by atoms with E-state index in [1.165, 1.54) is 0 Å². The largest absolute Gasteiger partial charge is 0.496 e. The highest BCUT2D eigenvalue weighted by Crippen LogP contribution is 2.32. The van der Waals surface area contributed by atoms with Crippen molar-refractivity contribution in [2.45, 2.75) is 39.5 Å². The van der Waals surface area contributed by atoms with Gasteiger partial charge in [0.1, 0.15) is 11.5 Å². The molecule has 1 atom stereocenters. The zero-order valence-electron chi connectivity index (χ0n) is 13.3. The summed E-state index contributed by atoms with van der Waals surface area (Å²) >= 11 is 0. The zero-order valence-corrected chi connectivity index (χ0v) is 13.3. The van der Waals surface area contributed by atoms with Crippen LogP contribution in [0, 0.1) is 13.8 Å². The van der Waals surface area contributed by atoms with Crippen LogP contribution in [0.3, 0.4) is 0 Å². The zero-order chi connectivity index (χ0) is 16.3. The Bertz CT molecular complexity index is 656. The molecular formula is C17H21NO4. The molecule has 0 amide bonds. The predicted molar refractivity (Wildman–Crippen MR) is 82.4 cm³/mol. The van der Waals surface area contributed by atoms with Gasteiger partial charge in [-0.3, -0.25) is 4.79 Å². The van der Waals surface area contributed by atoms with E-state index in [4.69, 9.17) is 9.26 Å². The van der Waals surface area contributed by atoms with Crippen LogP contribution in [0.5, 0.6) is 5.75 Å². The SMILES string of the molecule is CCc1ccc(OC)c(C(Cc2c(C)noc2C)C(=O)O)c1. The number of carbonyl (C=O) groups is 1. The minimum absolute atomic E-state index is 0.333. The minimum atomic E-state index is -0.883. The number of aliphatic carboxylic acids is 1. The summed E-state index contributed by atoms with van der Waals surface area (Å²) in [4.78, 5) is 11.8. The fourth-order valence-corrected chi connectivity index (χ4v) is 2.60. The van der Waals surface area contributed by atoms with Crippen LogP contribution in [-0.2, 0) is 17.6 Å². The molecule has 0 bridgehead atoms. The molecule has 2 rings (SSSR count). The lowest BCUT2D eigenvalue weighted by Gasteiger charge is -2.17. The van der Waals surface area contributed by atoms with E-state index in [9.17, 15) is 9.90 Å². The van der Waals surface area contributed by atoms with Gasteiger partial charge in [0.15, 0.2) is 0 Å². The summed E-state index contributed by atoms with van der Waals surface area (Å²) in [5.41, 5.74) is 3.35. The van der Waals surface area contributed by atoms with Gasteiger partial charge in [-0.25, -0.2) is 0 Å². The second-order valence-electron chi connectivity index (χ2n) is 5.33. The molecule has 0 saturated heterocycles.